The van der Waals surface area contributed by atoms with Gasteiger partial charge in [0.05, 0.1) is 0 Å². The van der Waals surface area contributed by atoms with E-state index in [1.165, 1.54) is 0 Å². The minimum absolute atomic E-state index is 0.148. The lowest BCUT2D eigenvalue weighted by molar-refractivity contribution is 0.0951. The number of aromatic nitrogens is 1. The first kappa shape index (κ1) is 9.06. The highest BCUT2D eigenvalue weighted by Gasteiger charge is 2.02. The van der Waals surface area contributed by atoms with E-state index in [-0.39, 0.29) is 5.91 Å². The zero-order chi connectivity index (χ0) is 8.81. The predicted molar refractivity (Wildman–Crippen MR) is 50.4 cm³/mol. The highest BCUT2D eigenvalue weighted by molar-refractivity contribution is 7.80. The molecule has 0 atom stereocenters. The fourth-order valence-corrected chi connectivity index (χ4v) is 0.869. The van der Waals surface area contributed by atoms with Gasteiger partial charge in [-0.3, -0.25) is 9.78 Å². The largest absolute Gasteiger partial charge is 0.350 e. The second kappa shape index (κ2) is 4.77. The lowest BCUT2D eigenvalue weighted by atomic mass is 10.3. The van der Waals surface area contributed by atoms with Gasteiger partial charge in [0, 0.05) is 18.5 Å². The molecule has 3 nitrogen and oxygen atoms in total. The van der Waals surface area contributed by atoms with E-state index >= 15 is 0 Å². The van der Waals surface area contributed by atoms with Crippen molar-refractivity contribution in [3.63, 3.8) is 0 Å². The number of hydrogen-bond donors (Lipinski definition) is 2. The van der Waals surface area contributed by atoms with E-state index in [4.69, 9.17) is 0 Å². The Morgan fingerprint density at radius 3 is 3.00 bits per heavy atom. The summed E-state index contributed by atoms with van der Waals surface area (Å²) in [6, 6.07) is 5.23. The monoisotopic (exact) mass is 182 g/mol. The highest BCUT2D eigenvalue weighted by atomic mass is 32.1. The third kappa shape index (κ3) is 2.54. The summed E-state index contributed by atoms with van der Waals surface area (Å²) in [6.45, 7) is 0.568. The molecule has 0 aliphatic rings. The first-order valence-corrected chi connectivity index (χ1v) is 4.28. The quantitative estimate of drug-likeness (QED) is 0.677. The normalized spacial score (nSPS) is 9.42. The van der Waals surface area contributed by atoms with Gasteiger partial charge in [0.1, 0.15) is 5.69 Å². The molecule has 0 bridgehead atoms. The van der Waals surface area contributed by atoms with Crippen LogP contribution in [0.15, 0.2) is 24.4 Å². The fourth-order valence-electron chi connectivity index (χ4n) is 0.757. The summed E-state index contributed by atoms with van der Waals surface area (Å²) < 4.78 is 0. The predicted octanol–water partition coefficient (Wildman–Crippen LogP) is 0.741. The SMILES string of the molecule is O=C(NCCS)c1ccccn1. The van der Waals surface area contributed by atoms with Crippen LogP contribution in [0.1, 0.15) is 10.5 Å². The van der Waals surface area contributed by atoms with Crippen molar-refractivity contribution in [3.05, 3.63) is 30.1 Å². The minimum atomic E-state index is -0.148. The standard InChI is InChI=1S/C8H10N2OS/c11-8(10-5-6-12)7-3-1-2-4-9-7/h1-4,12H,5-6H2,(H,10,11). The van der Waals surface area contributed by atoms with Gasteiger partial charge in [0.2, 0.25) is 0 Å². The Labute approximate surface area is 76.6 Å². The zero-order valence-electron chi connectivity index (χ0n) is 6.53. The van der Waals surface area contributed by atoms with E-state index in [1.807, 2.05) is 0 Å². The molecule has 0 aromatic carbocycles. The summed E-state index contributed by atoms with van der Waals surface area (Å²) >= 11 is 3.97. The molecule has 0 aliphatic heterocycles. The van der Waals surface area contributed by atoms with Crippen molar-refractivity contribution in [1.82, 2.24) is 10.3 Å². The molecule has 12 heavy (non-hydrogen) atoms. The Morgan fingerprint density at radius 1 is 1.58 bits per heavy atom. The van der Waals surface area contributed by atoms with Gasteiger partial charge in [0.15, 0.2) is 0 Å². The van der Waals surface area contributed by atoms with Crippen molar-refractivity contribution < 1.29 is 4.79 Å². The van der Waals surface area contributed by atoms with E-state index in [2.05, 4.69) is 22.9 Å². The summed E-state index contributed by atoms with van der Waals surface area (Å²) in [5.41, 5.74) is 0.444. The molecule has 1 aromatic rings. The second-order valence-corrected chi connectivity index (χ2v) is 2.64. The number of nitrogens with one attached hydrogen (secondary N) is 1. The summed E-state index contributed by atoms with van der Waals surface area (Å²) in [4.78, 5) is 15.1. The number of pyridine rings is 1. The summed E-state index contributed by atoms with van der Waals surface area (Å²) in [5.74, 6) is 0.489. The Bertz CT molecular complexity index is 250. The van der Waals surface area contributed by atoms with E-state index in [0.717, 1.165) is 0 Å². The Kier molecular flexibility index (Phi) is 3.60. The smallest absolute Gasteiger partial charge is 0.269 e. The van der Waals surface area contributed by atoms with Crippen LogP contribution < -0.4 is 5.32 Å². The fraction of sp³-hybridized carbons (Fsp3) is 0.250. The molecule has 0 saturated carbocycles. The molecule has 1 rings (SSSR count). The maximum absolute atomic E-state index is 11.2. The lowest BCUT2D eigenvalue weighted by Crippen LogP contribution is -2.25. The summed E-state index contributed by atoms with van der Waals surface area (Å²) in [6.07, 6.45) is 1.59. The van der Waals surface area contributed by atoms with Crippen molar-refractivity contribution >= 4 is 18.5 Å². The van der Waals surface area contributed by atoms with Crippen LogP contribution in [-0.4, -0.2) is 23.2 Å². The number of nitrogens with zero attached hydrogens (tertiary/aromatic N) is 1. The molecule has 0 unspecified atom stereocenters. The third-order valence-electron chi connectivity index (χ3n) is 1.29. The van der Waals surface area contributed by atoms with Gasteiger partial charge in [0.25, 0.3) is 5.91 Å². The Hall–Kier alpha value is -1.03. The summed E-state index contributed by atoms with van der Waals surface area (Å²) in [7, 11) is 0. The third-order valence-corrected chi connectivity index (χ3v) is 1.52. The Balaban J connectivity index is 2.54. The molecule has 1 aromatic heterocycles. The number of carbonyl (C=O) groups excluding carboxylic acids is 1. The maximum atomic E-state index is 11.2. The molecular formula is C8H10N2OS. The van der Waals surface area contributed by atoms with Gasteiger partial charge in [-0.2, -0.15) is 12.6 Å². The highest BCUT2D eigenvalue weighted by Crippen LogP contribution is 1.91. The number of hydrogen-bond acceptors (Lipinski definition) is 3. The zero-order valence-corrected chi connectivity index (χ0v) is 7.42. The average Bonchev–Trinajstić information content (AvgIpc) is 2.15. The molecule has 1 amide bonds. The van der Waals surface area contributed by atoms with E-state index in [0.29, 0.717) is 18.0 Å². The second-order valence-electron chi connectivity index (χ2n) is 2.19. The van der Waals surface area contributed by atoms with Crippen LogP contribution in [-0.2, 0) is 0 Å². The van der Waals surface area contributed by atoms with Gasteiger partial charge >= 0.3 is 0 Å². The topological polar surface area (TPSA) is 42.0 Å². The van der Waals surface area contributed by atoms with Crippen LogP contribution in [0.2, 0.25) is 0 Å². The molecule has 0 spiro atoms. The van der Waals surface area contributed by atoms with Crippen LogP contribution in [0.25, 0.3) is 0 Å². The van der Waals surface area contributed by atoms with Crippen LogP contribution in [0.5, 0.6) is 0 Å². The molecule has 0 fully saturated rings. The van der Waals surface area contributed by atoms with Gasteiger partial charge in [-0.25, -0.2) is 0 Å². The van der Waals surface area contributed by atoms with Crippen LogP contribution in [0.3, 0.4) is 0 Å². The number of amides is 1. The van der Waals surface area contributed by atoms with Gasteiger partial charge in [-0.15, -0.1) is 0 Å². The van der Waals surface area contributed by atoms with Crippen molar-refractivity contribution in [2.24, 2.45) is 0 Å². The van der Waals surface area contributed by atoms with E-state index < -0.39 is 0 Å². The van der Waals surface area contributed by atoms with E-state index in [9.17, 15) is 4.79 Å². The molecule has 0 saturated heterocycles. The Morgan fingerprint density at radius 2 is 2.42 bits per heavy atom. The number of carbonyl (C=O) groups is 1. The van der Waals surface area contributed by atoms with Crippen molar-refractivity contribution in [1.29, 1.82) is 0 Å². The van der Waals surface area contributed by atoms with Crippen molar-refractivity contribution in [2.45, 2.75) is 0 Å². The van der Waals surface area contributed by atoms with Crippen molar-refractivity contribution in [3.8, 4) is 0 Å². The molecule has 64 valence electrons. The summed E-state index contributed by atoms with van der Waals surface area (Å²) in [5, 5.41) is 2.67. The average molecular weight is 182 g/mol. The van der Waals surface area contributed by atoms with Gasteiger partial charge in [-0.1, -0.05) is 6.07 Å². The number of thiol groups is 1. The van der Waals surface area contributed by atoms with Gasteiger partial charge in [-0.05, 0) is 12.1 Å². The van der Waals surface area contributed by atoms with Crippen LogP contribution >= 0.6 is 12.6 Å². The van der Waals surface area contributed by atoms with Crippen LogP contribution in [0, 0.1) is 0 Å². The van der Waals surface area contributed by atoms with Crippen LogP contribution in [0.4, 0.5) is 0 Å². The molecule has 0 aliphatic carbocycles. The molecule has 1 heterocycles. The van der Waals surface area contributed by atoms with Crippen molar-refractivity contribution in [2.75, 3.05) is 12.3 Å². The first-order valence-electron chi connectivity index (χ1n) is 3.64. The first-order chi connectivity index (χ1) is 5.84. The minimum Gasteiger partial charge on any atom is -0.350 e. The molecule has 0 radical (unpaired) electrons. The van der Waals surface area contributed by atoms with Gasteiger partial charge < -0.3 is 5.32 Å². The molecule has 1 N–H and O–H groups in total. The molecule has 4 heteroatoms. The maximum Gasteiger partial charge on any atom is 0.269 e. The molecular weight excluding hydrogens is 172 g/mol. The van der Waals surface area contributed by atoms with E-state index in [1.54, 1.807) is 24.4 Å². The number of rotatable bonds is 3. The lowest BCUT2D eigenvalue weighted by Gasteiger charge is -2.00.